The lowest BCUT2D eigenvalue weighted by atomic mass is 10.0. The van der Waals surface area contributed by atoms with Gasteiger partial charge in [0.05, 0.1) is 42.6 Å². The second kappa shape index (κ2) is 8.45. The monoisotopic (exact) mass is 466 g/mol. The highest BCUT2D eigenvalue weighted by molar-refractivity contribution is 5.99. The molecule has 1 amide bonds. The molecule has 0 aliphatic carbocycles. The van der Waals surface area contributed by atoms with Crippen molar-refractivity contribution in [3.63, 3.8) is 0 Å². The highest BCUT2D eigenvalue weighted by atomic mass is 16.5. The molecule has 0 radical (unpaired) electrons. The molecule has 0 saturated heterocycles. The molecular formula is C25H22N8O2. The Morgan fingerprint density at radius 3 is 2.94 bits per heavy atom. The Kier molecular flexibility index (Phi) is 5.12. The van der Waals surface area contributed by atoms with Crippen molar-refractivity contribution >= 4 is 22.6 Å². The van der Waals surface area contributed by atoms with Crippen molar-refractivity contribution in [2.24, 2.45) is 0 Å². The quantitative estimate of drug-likeness (QED) is 0.485. The fourth-order valence-corrected chi connectivity index (χ4v) is 4.91. The van der Waals surface area contributed by atoms with Crippen LogP contribution in [0.2, 0.25) is 0 Å². The van der Waals surface area contributed by atoms with E-state index in [2.05, 4.69) is 26.1 Å². The molecule has 0 bridgehead atoms. The number of fused-ring (bicyclic) bond motifs is 4. The second-order valence-corrected chi connectivity index (χ2v) is 8.76. The predicted octanol–water partition coefficient (Wildman–Crippen LogP) is 2.88. The zero-order valence-corrected chi connectivity index (χ0v) is 18.9. The fraction of sp³-hybridized carbons (Fsp3) is 0.280. The number of carbonyl (C=O) groups is 1. The lowest BCUT2D eigenvalue weighted by Crippen LogP contribution is -2.38. The van der Waals surface area contributed by atoms with Gasteiger partial charge in [-0.05, 0) is 48.7 Å². The maximum absolute atomic E-state index is 14.0. The molecule has 35 heavy (non-hydrogen) atoms. The largest absolute Gasteiger partial charge is 0.383 e. The van der Waals surface area contributed by atoms with Crippen LogP contribution < -0.4 is 5.73 Å². The number of carbonyl (C=O) groups excluding carboxylic acids is 1. The van der Waals surface area contributed by atoms with Crippen LogP contribution in [0.5, 0.6) is 0 Å². The average Bonchev–Trinajstić information content (AvgIpc) is 3.58. The van der Waals surface area contributed by atoms with Gasteiger partial charge in [0.2, 0.25) is 0 Å². The van der Waals surface area contributed by atoms with Gasteiger partial charge >= 0.3 is 0 Å². The highest BCUT2D eigenvalue weighted by Crippen LogP contribution is 2.34. The van der Waals surface area contributed by atoms with E-state index in [1.54, 1.807) is 23.1 Å². The number of hydrogen-bond acceptors (Lipinski definition) is 8. The molecule has 2 aliphatic heterocycles. The number of nitrogen functional groups attached to an aromatic ring is 1. The van der Waals surface area contributed by atoms with Crippen molar-refractivity contribution in [1.29, 1.82) is 5.26 Å². The summed E-state index contributed by atoms with van der Waals surface area (Å²) in [6.07, 6.45) is 4.72. The normalized spacial score (nSPS) is 16.5. The van der Waals surface area contributed by atoms with Crippen LogP contribution in [-0.4, -0.2) is 35.5 Å². The third-order valence-electron chi connectivity index (χ3n) is 6.69. The molecule has 174 valence electrons. The molecular weight excluding hydrogens is 444 g/mol. The number of aryl methyl sites for hydroxylation is 1. The Morgan fingerprint density at radius 2 is 2.11 bits per heavy atom. The Balaban J connectivity index is 1.42. The van der Waals surface area contributed by atoms with E-state index in [9.17, 15) is 4.79 Å². The number of amides is 1. The number of hydrogen-bond donors (Lipinski definition) is 1. The van der Waals surface area contributed by atoms with Gasteiger partial charge in [0.25, 0.3) is 5.91 Å². The van der Waals surface area contributed by atoms with E-state index < -0.39 is 0 Å². The molecule has 10 nitrogen and oxygen atoms in total. The van der Waals surface area contributed by atoms with Gasteiger partial charge < -0.3 is 15.4 Å². The first kappa shape index (κ1) is 21.2. The summed E-state index contributed by atoms with van der Waals surface area (Å²) in [5.41, 5.74) is 10.4. The summed E-state index contributed by atoms with van der Waals surface area (Å²) in [7, 11) is 0. The van der Waals surface area contributed by atoms with Crippen LogP contribution in [0.4, 0.5) is 5.82 Å². The van der Waals surface area contributed by atoms with Crippen LogP contribution in [-0.2, 0) is 31.0 Å². The molecule has 0 saturated carbocycles. The summed E-state index contributed by atoms with van der Waals surface area (Å²) in [5, 5.41) is 14.3. The molecule has 1 unspecified atom stereocenters. The van der Waals surface area contributed by atoms with E-state index in [0.717, 1.165) is 47.2 Å². The van der Waals surface area contributed by atoms with Crippen LogP contribution >= 0.6 is 0 Å². The molecule has 0 spiro atoms. The highest BCUT2D eigenvalue weighted by Gasteiger charge is 2.33. The predicted molar refractivity (Wildman–Crippen MR) is 125 cm³/mol. The van der Waals surface area contributed by atoms with Crippen LogP contribution in [0.25, 0.3) is 10.9 Å². The molecule has 4 aromatic rings. The lowest BCUT2D eigenvalue weighted by molar-refractivity contribution is 0.0608. The van der Waals surface area contributed by atoms with Crippen LogP contribution in [0.1, 0.15) is 57.5 Å². The van der Waals surface area contributed by atoms with Crippen molar-refractivity contribution in [1.82, 2.24) is 29.6 Å². The van der Waals surface area contributed by atoms with Gasteiger partial charge in [-0.25, -0.2) is 14.6 Å². The number of nitrogens with two attached hydrogens (primary N) is 1. The molecule has 5 heterocycles. The van der Waals surface area contributed by atoms with Crippen LogP contribution in [0, 0.1) is 11.3 Å². The number of nitrogens with zero attached hydrogens (tertiary/aromatic N) is 7. The van der Waals surface area contributed by atoms with Gasteiger partial charge in [0, 0.05) is 29.3 Å². The summed E-state index contributed by atoms with van der Waals surface area (Å²) < 4.78 is 7.47. The van der Waals surface area contributed by atoms with E-state index in [0.29, 0.717) is 35.9 Å². The number of anilines is 1. The maximum atomic E-state index is 14.0. The van der Waals surface area contributed by atoms with Crippen molar-refractivity contribution in [3.05, 3.63) is 76.6 Å². The van der Waals surface area contributed by atoms with Crippen molar-refractivity contribution in [2.45, 2.75) is 45.2 Å². The first-order chi connectivity index (χ1) is 17.1. The number of benzene rings is 1. The van der Waals surface area contributed by atoms with Crippen molar-refractivity contribution in [3.8, 4) is 6.07 Å². The number of pyridine rings is 2. The summed E-state index contributed by atoms with van der Waals surface area (Å²) in [6.45, 7) is 1.93. The zero-order chi connectivity index (χ0) is 23.9. The topological polar surface area (TPSA) is 136 Å². The van der Waals surface area contributed by atoms with Gasteiger partial charge in [-0.3, -0.25) is 9.78 Å². The second-order valence-electron chi connectivity index (χ2n) is 8.76. The van der Waals surface area contributed by atoms with Gasteiger partial charge in [-0.1, -0.05) is 0 Å². The molecule has 2 N–H and O–H groups in total. The number of rotatable bonds is 4. The minimum Gasteiger partial charge on any atom is -0.383 e. The smallest absolute Gasteiger partial charge is 0.254 e. The van der Waals surface area contributed by atoms with Gasteiger partial charge in [-0.2, -0.15) is 10.4 Å². The molecule has 6 rings (SSSR count). The Labute approximate surface area is 201 Å². The Bertz CT molecular complexity index is 1490. The van der Waals surface area contributed by atoms with Crippen LogP contribution in [0.15, 0.2) is 42.9 Å². The summed E-state index contributed by atoms with van der Waals surface area (Å²) >= 11 is 0. The minimum absolute atomic E-state index is 0.135. The summed E-state index contributed by atoms with van der Waals surface area (Å²) in [6, 6.07) is 10.8. The first-order valence-corrected chi connectivity index (χ1v) is 11.4. The lowest BCUT2D eigenvalue weighted by Gasteiger charge is -2.33. The van der Waals surface area contributed by atoms with E-state index in [4.69, 9.17) is 15.7 Å². The van der Waals surface area contributed by atoms with Crippen molar-refractivity contribution in [2.75, 3.05) is 5.73 Å². The molecule has 0 fully saturated rings. The third kappa shape index (κ3) is 3.66. The Hall–Kier alpha value is -4.36. The standard InChI is InChI=1S/C25H22N8O2/c26-9-15-3-5-17(28-10-15)11-32(22-2-1-7-33-24(22)29-14-30-33)25(34)16-4-6-21-18(8-16)19-12-35-13-20(19)23(27)31-21/h3-6,8,10,14,22H,1-2,7,11-13H2,(H2,27,31). The summed E-state index contributed by atoms with van der Waals surface area (Å²) in [5.74, 6) is 1.10. The van der Waals surface area contributed by atoms with Gasteiger partial charge in [0.1, 0.15) is 24.0 Å². The zero-order valence-electron chi connectivity index (χ0n) is 18.9. The van der Waals surface area contributed by atoms with E-state index in [1.165, 1.54) is 12.5 Å². The van der Waals surface area contributed by atoms with Gasteiger partial charge in [0.15, 0.2) is 0 Å². The number of ether oxygens (including phenoxy) is 1. The van der Waals surface area contributed by atoms with E-state index in [1.807, 2.05) is 16.8 Å². The Morgan fingerprint density at radius 1 is 1.23 bits per heavy atom. The van der Waals surface area contributed by atoms with Gasteiger partial charge in [-0.15, -0.1) is 0 Å². The number of aromatic nitrogens is 5. The van der Waals surface area contributed by atoms with E-state index >= 15 is 0 Å². The SMILES string of the molecule is N#Cc1ccc(CN(C(=O)c2ccc3nc(N)c4c(c3c2)COC4)C2CCCn3ncnc32)nc1. The minimum atomic E-state index is -0.245. The molecule has 3 aromatic heterocycles. The molecule has 10 heteroatoms. The molecule has 1 aromatic carbocycles. The van der Waals surface area contributed by atoms with Crippen LogP contribution in [0.3, 0.4) is 0 Å². The maximum Gasteiger partial charge on any atom is 0.254 e. The van der Waals surface area contributed by atoms with Crippen molar-refractivity contribution < 1.29 is 9.53 Å². The number of nitriles is 1. The first-order valence-electron chi connectivity index (χ1n) is 11.4. The average molecular weight is 467 g/mol. The fourth-order valence-electron chi connectivity index (χ4n) is 4.91. The third-order valence-corrected chi connectivity index (χ3v) is 6.69. The molecule has 2 aliphatic rings. The van der Waals surface area contributed by atoms with E-state index in [-0.39, 0.29) is 18.5 Å². The summed E-state index contributed by atoms with van der Waals surface area (Å²) in [4.78, 5) is 29.2. The molecule has 1 atom stereocenters.